The first-order chi connectivity index (χ1) is 12.5. The van der Waals surface area contributed by atoms with E-state index in [1.54, 1.807) is 31.4 Å². The molecule has 2 aromatic carbocycles. The van der Waals surface area contributed by atoms with Crippen molar-refractivity contribution in [1.82, 2.24) is 0 Å². The summed E-state index contributed by atoms with van der Waals surface area (Å²) in [4.78, 5) is 0.174. The van der Waals surface area contributed by atoms with Gasteiger partial charge in [-0.15, -0.1) is 0 Å². The summed E-state index contributed by atoms with van der Waals surface area (Å²) >= 11 is 3.31. The molecule has 0 aromatic heterocycles. The lowest BCUT2D eigenvalue weighted by Gasteiger charge is -2.33. The van der Waals surface area contributed by atoms with Crippen molar-refractivity contribution in [2.24, 2.45) is 5.41 Å². The van der Waals surface area contributed by atoms with Crippen LogP contribution in [0.3, 0.4) is 0 Å². The Kier molecular flexibility index (Phi) is 6.94. The predicted molar refractivity (Wildman–Crippen MR) is 116 cm³/mol. The molecule has 0 aliphatic carbocycles. The third kappa shape index (κ3) is 6.17. The first kappa shape index (κ1) is 22.1. The molecule has 7 heteroatoms. The lowest BCUT2D eigenvalue weighted by Crippen LogP contribution is -2.45. The van der Waals surface area contributed by atoms with E-state index in [4.69, 9.17) is 8.92 Å². The van der Waals surface area contributed by atoms with E-state index >= 15 is 0 Å². The minimum Gasteiger partial charge on any atom is -0.497 e. The highest BCUT2D eigenvalue weighted by molar-refractivity contribution is 9.10. The van der Waals surface area contributed by atoms with Crippen LogP contribution in [-0.2, 0) is 14.3 Å². The maximum Gasteiger partial charge on any atom is 0.296 e. The Hall–Kier alpha value is -1.15. The second-order valence-corrected chi connectivity index (χ2v) is 15.4. The largest absolute Gasteiger partial charge is 0.497 e. The number of hydrogen-bond acceptors (Lipinski definition) is 4. The summed E-state index contributed by atoms with van der Waals surface area (Å²) in [6.45, 7) is 8.85. The van der Waals surface area contributed by atoms with Gasteiger partial charge in [0.25, 0.3) is 10.1 Å². The Morgan fingerprint density at radius 1 is 1.00 bits per heavy atom. The van der Waals surface area contributed by atoms with Gasteiger partial charge < -0.3 is 4.74 Å². The van der Waals surface area contributed by atoms with Gasteiger partial charge in [0, 0.05) is 4.47 Å². The molecule has 0 amide bonds. The molecule has 2 aromatic rings. The highest BCUT2D eigenvalue weighted by Crippen LogP contribution is 2.30. The fraction of sp³-hybridized carbons (Fsp3) is 0.400. The normalized spacial score (nSPS) is 12.8. The molecule has 27 heavy (non-hydrogen) atoms. The Morgan fingerprint density at radius 3 is 2.07 bits per heavy atom. The van der Waals surface area contributed by atoms with Crippen LogP contribution in [-0.4, -0.2) is 30.2 Å². The zero-order valence-electron chi connectivity index (χ0n) is 16.5. The summed E-state index contributed by atoms with van der Waals surface area (Å²) in [5.41, 5.74) is -0.266. The van der Waals surface area contributed by atoms with Crippen LogP contribution >= 0.6 is 15.9 Å². The van der Waals surface area contributed by atoms with Gasteiger partial charge in [-0.2, -0.15) is 8.42 Å². The minimum absolute atomic E-state index is 0.151. The first-order valence-corrected chi connectivity index (χ1v) is 14.2. The van der Waals surface area contributed by atoms with E-state index in [1.165, 1.54) is 5.19 Å². The minimum atomic E-state index is -3.76. The van der Waals surface area contributed by atoms with E-state index in [2.05, 4.69) is 55.0 Å². The van der Waals surface area contributed by atoms with Gasteiger partial charge in [0.15, 0.2) is 0 Å². The molecule has 0 heterocycles. The molecule has 0 unspecified atom stereocenters. The zero-order valence-corrected chi connectivity index (χ0v) is 19.9. The number of ether oxygens (including phenoxy) is 1. The van der Waals surface area contributed by atoms with Crippen LogP contribution in [0.15, 0.2) is 57.9 Å². The summed E-state index contributed by atoms with van der Waals surface area (Å²) in [6.07, 6.45) is 0. The molecule has 2 rings (SSSR count). The number of methoxy groups -OCH3 is 1. The fourth-order valence-electron chi connectivity index (χ4n) is 3.30. The summed E-state index contributed by atoms with van der Waals surface area (Å²) in [6, 6.07) is 15.6. The van der Waals surface area contributed by atoms with Crippen molar-refractivity contribution < 1.29 is 17.3 Å². The van der Waals surface area contributed by atoms with Crippen LogP contribution in [0.5, 0.6) is 5.75 Å². The predicted octanol–water partition coefficient (Wildman–Crippen LogP) is 4.80. The average molecular weight is 471 g/mol. The summed E-state index contributed by atoms with van der Waals surface area (Å²) in [7, 11) is -3.87. The molecule has 4 nitrogen and oxygen atoms in total. The van der Waals surface area contributed by atoms with Gasteiger partial charge in [-0.05, 0) is 47.9 Å². The molecule has 0 saturated heterocycles. The highest BCUT2D eigenvalue weighted by Gasteiger charge is 2.33. The van der Waals surface area contributed by atoms with Crippen molar-refractivity contribution in [3.63, 3.8) is 0 Å². The molecule has 0 saturated carbocycles. The fourth-order valence-corrected chi connectivity index (χ4v) is 8.41. The molecule has 0 N–H and O–H groups in total. The summed E-state index contributed by atoms with van der Waals surface area (Å²) in [5, 5.41) is 1.31. The van der Waals surface area contributed by atoms with Crippen LogP contribution in [0.1, 0.15) is 13.8 Å². The Balaban J connectivity index is 2.07. The molecule has 0 atom stereocenters. The summed E-state index contributed by atoms with van der Waals surface area (Å²) in [5.74, 6) is 0.840. The van der Waals surface area contributed by atoms with Gasteiger partial charge in [0.1, 0.15) is 5.75 Å². The van der Waals surface area contributed by atoms with Crippen molar-refractivity contribution in [2.75, 3.05) is 13.7 Å². The van der Waals surface area contributed by atoms with E-state index in [-0.39, 0.29) is 16.9 Å². The van der Waals surface area contributed by atoms with E-state index in [0.29, 0.717) is 0 Å². The SMILES string of the molecule is COc1ccc([Si](C)(C)CC(C)(C)COS(=O)(=O)c2ccc(Br)cc2)cc1. The quantitative estimate of drug-likeness (QED) is 0.410. The number of benzene rings is 2. The van der Waals surface area contributed by atoms with Crippen LogP contribution in [0, 0.1) is 5.41 Å². The van der Waals surface area contributed by atoms with Crippen molar-refractivity contribution in [3.05, 3.63) is 53.0 Å². The van der Waals surface area contributed by atoms with Crippen molar-refractivity contribution in [3.8, 4) is 5.75 Å². The van der Waals surface area contributed by atoms with Crippen LogP contribution in [0.25, 0.3) is 0 Å². The third-order valence-electron chi connectivity index (χ3n) is 4.50. The first-order valence-electron chi connectivity index (χ1n) is 8.75. The number of hydrogen-bond donors (Lipinski definition) is 0. The lowest BCUT2D eigenvalue weighted by atomic mass is 9.98. The zero-order chi connectivity index (χ0) is 20.3. The molecule has 0 aliphatic rings. The van der Waals surface area contributed by atoms with Crippen LogP contribution in [0.2, 0.25) is 19.1 Å². The van der Waals surface area contributed by atoms with E-state index in [0.717, 1.165) is 16.3 Å². The van der Waals surface area contributed by atoms with E-state index in [9.17, 15) is 8.42 Å². The monoisotopic (exact) mass is 470 g/mol. The van der Waals surface area contributed by atoms with Gasteiger partial charge in [0.2, 0.25) is 0 Å². The van der Waals surface area contributed by atoms with Crippen LogP contribution < -0.4 is 9.92 Å². The number of rotatable bonds is 8. The van der Waals surface area contributed by atoms with Gasteiger partial charge in [-0.3, -0.25) is 4.18 Å². The van der Waals surface area contributed by atoms with Gasteiger partial charge >= 0.3 is 0 Å². The van der Waals surface area contributed by atoms with Crippen molar-refractivity contribution in [2.45, 2.75) is 37.9 Å². The second kappa shape index (κ2) is 8.47. The maximum atomic E-state index is 12.5. The topological polar surface area (TPSA) is 52.6 Å². The van der Waals surface area contributed by atoms with Crippen molar-refractivity contribution >= 4 is 39.3 Å². The summed E-state index contributed by atoms with van der Waals surface area (Å²) < 4.78 is 36.4. The highest BCUT2D eigenvalue weighted by atomic mass is 79.9. The second-order valence-electron chi connectivity index (χ2n) is 8.12. The standard InChI is InChI=1S/C20H27BrO4SSi/c1-20(2,14-25-26(22,23)18-10-6-16(21)7-11-18)15-27(4,5)19-12-8-17(24-3)9-13-19/h6-13H,14-15H2,1-5H3. The van der Waals surface area contributed by atoms with E-state index in [1.807, 2.05) is 12.1 Å². The number of halogens is 1. The molecule has 0 aliphatic heterocycles. The maximum absolute atomic E-state index is 12.5. The van der Waals surface area contributed by atoms with Gasteiger partial charge in [-0.1, -0.05) is 60.2 Å². The molecule has 0 bridgehead atoms. The Morgan fingerprint density at radius 2 is 1.56 bits per heavy atom. The Labute approximate surface area is 172 Å². The molecular formula is C20H27BrO4SSi. The lowest BCUT2D eigenvalue weighted by molar-refractivity contribution is 0.202. The molecular weight excluding hydrogens is 444 g/mol. The molecule has 0 fully saturated rings. The Bertz CT molecular complexity index is 860. The smallest absolute Gasteiger partial charge is 0.296 e. The van der Waals surface area contributed by atoms with E-state index < -0.39 is 18.2 Å². The van der Waals surface area contributed by atoms with Gasteiger partial charge in [-0.25, -0.2) is 0 Å². The molecule has 148 valence electrons. The molecule has 0 radical (unpaired) electrons. The van der Waals surface area contributed by atoms with Crippen LogP contribution in [0.4, 0.5) is 0 Å². The van der Waals surface area contributed by atoms with Gasteiger partial charge in [0.05, 0.1) is 26.7 Å². The molecule has 0 spiro atoms. The average Bonchev–Trinajstić information content (AvgIpc) is 2.60. The van der Waals surface area contributed by atoms with Crippen molar-refractivity contribution in [1.29, 1.82) is 0 Å². The third-order valence-corrected chi connectivity index (χ3v) is 10.0.